The van der Waals surface area contributed by atoms with E-state index in [2.05, 4.69) is 25.0 Å². The minimum absolute atomic E-state index is 0.155. The number of nitrogens with two attached hydrogens (primary N) is 1. The zero-order chi connectivity index (χ0) is 19.3. The molecule has 2 N–H and O–H groups in total. The molecule has 1 saturated heterocycles. The molecular weight excluding hydrogens is 378 g/mol. The van der Waals surface area contributed by atoms with Gasteiger partial charge in [-0.25, -0.2) is 9.97 Å². The molecule has 4 heterocycles. The number of nitrogens with zero attached hydrogens (tertiary/aromatic N) is 6. The first-order chi connectivity index (χ1) is 13.7. The van der Waals surface area contributed by atoms with Crippen molar-refractivity contribution in [3.05, 3.63) is 41.5 Å². The predicted octanol–water partition coefficient (Wildman–Crippen LogP) is 1.56. The average molecular weight is 399 g/mol. The van der Waals surface area contributed by atoms with Crippen LogP contribution in [0.5, 0.6) is 0 Å². The molecule has 3 aromatic rings. The quantitative estimate of drug-likeness (QED) is 0.664. The summed E-state index contributed by atoms with van der Waals surface area (Å²) in [7, 11) is 0. The fourth-order valence-electron chi connectivity index (χ4n) is 3.15. The molecule has 0 saturated carbocycles. The summed E-state index contributed by atoms with van der Waals surface area (Å²) in [5, 5.41) is 6.03. The number of carbonyl (C=O) groups excluding carboxylic acids is 1. The average Bonchev–Trinajstić information content (AvgIpc) is 3.40. The molecule has 0 atom stereocenters. The summed E-state index contributed by atoms with van der Waals surface area (Å²) in [5.41, 5.74) is 5.99. The molecular formula is C18H21N7O2S. The number of carbonyl (C=O) groups is 1. The fraction of sp³-hybridized carbons (Fsp3) is 0.389. The molecule has 0 aromatic carbocycles. The molecule has 0 radical (unpaired) electrons. The molecule has 1 aliphatic heterocycles. The first-order valence-corrected chi connectivity index (χ1v) is 10.0. The van der Waals surface area contributed by atoms with Crippen LogP contribution in [0.15, 0.2) is 34.4 Å². The van der Waals surface area contributed by atoms with Crippen molar-refractivity contribution in [3.63, 3.8) is 0 Å². The number of hydrogen-bond donors (Lipinski definition) is 1. The van der Waals surface area contributed by atoms with Gasteiger partial charge in [-0.1, -0.05) is 11.2 Å². The number of amides is 1. The maximum Gasteiger partial charge on any atom is 0.276 e. The Morgan fingerprint density at radius 2 is 2.04 bits per heavy atom. The van der Waals surface area contributed by atoms with Gasteiger partial charge in [0, 0.05) is 45.0 Å². The van der Waals surface area contributed by atoms with Crippen LogP contribution in [0.25, 0.3) is 10.7 Å². The summed E-state index contributed by atoms with van der Waals surface area (Å²) in [6.07, 6.45) is 4.64. The lowest BCUT2D eigenvalue weighted by atomic mass is 10.2. The van der Waals surface area contributed by atoms with Crippen molar-refractivity contribution >= 4 is 23.1 Å². The Kier molecular flexibility index (Phi) is 5.58. The van der Waals surface area contributed by atoms with Crippen LogP contribution in [0.4, 0.5) is 5.82 Å². The van der Waals surface area contributed by atoms with E-state index in [0.717, 1.165) is 37.4 Å². The molecule has 1 amide bonds. The highest BCUT2D eigenvalue weighted by Crippen LogP contribution is 2.21. The summed E-state index contributed by atoms with van der Waals surface area (Å²) < 4.78 is 5.34. The largest absolute Gasteiger partial charge is 0.382 e. The van der Waals surface area contributed by atoms with Gasteiger partial charge in [0.15, 0.2) is 11.5 Å². The van der Waals surface area contributed by atoms with E-state index >= 15 is 0 Å². The van der Waals surface area contributed by atoms with Gasteiger partial charge in [0.25, 0.3) is 5.91 Å². The van der Waals surface area contributed by atoms with Gasteiger partial charge in [0.2, 0.25) is 11.7 Å². The molecule has 0 bridgehead atoms. The standard InChI is InChI=1S/C18H21N7O2S/c19-16-15(20-5-6-21-16)18(26)25-10-8-24(9-11-25)7-1-4-14-22-17(23-27-14)13-3-2-12-28-13/h2-3,5-6,12H,1,4,7-11H2,(H2,19,21). The molecule has 0 spiro atoms. The molecule has 146 valence electrons. The van der Waals surface area contributed by atoms with E-state index in [0.29, 0.717) is 24.8 Å². The Morgan fingerprint density at radius 3 is 2.79 bits per heavy atom. The van der Waals surface area contributed by atoms with E-state index in [1.54, 1.807) is 16.2 Å². The van der Waals surface area contributed by atoms with Gasteiger partial charge in [0.1, 0.15) is 0 Å². The predicted molar refractivity (Wildman–Crippen MR) is 105 cm³/mol. The second-order valence-corrected chi connectivity index (χ2v) is 7.46. The highest BCUT2D eigenvalue weighted by Gasteiger charge is 2.24. The minimum atomic E-state index is -0.155. The number of hydrogen-bond acceptors (Lipinski definition) is 9. The molecule has 0 unspecified atom stereocenters. The van der Waals surface area contributed by atoms with E-state index < -0.39 is 0 Å². The van der Waals surface area contributed by atoms with Crippen molar-refractivity contribution in [2.75, 3.05) is 38.5 Å². The van der Waals surface area contributed by atoms with Crippen LogP contribution in [0.1, 0.15) is 22.8 Å². The Morgan fingerprint density at radius 1 is 1.21 bits per heavy atom. The lowest BCUT2D eigenvalue weighted by molar-refractivity contribution is 0.0630. The Labute approximate surface area is 166 Å². The van der Waals surface area contributed by atoms with Gasteiger partial charge in [-0.05, 0) is 24.4 Å². The monoisotopic (exact) mass is 399 g/mol. The third-order valence-electron chi connectivity index (χ3n) is 4.66. The fourth-order valence-corrected chi connectivity index (χ4v) is 3.80. The topological polar surface area (TPSA) is 114 Å². The van der Waals surface area contributed by atoms with Gasteiger partial charge in [-0.15, -0.1) is 11.3 Å². The lowest BCUT2D eigenvalue weighted by Gasteiger charge is -2.34. The number of nitrogen functional groups attached to an aromatic ring is 1. The zero-order valence-electron chi connectivity index (χ0n) is 15.3. The third kappa shape index (κ3) is 4.18. The molecule has 1 fully saturated rings. The second kappa shape index (κ2) is 8.44. The molecule has 3 aromatic heterocycles. The number of piperazine rings is 1. The summed E-state index contributed by atoms with van der Waals surface area (Å²) in [6, 6.07) is 3.95. The number of aromatic nitrogens is 4. The van der Waals surface area contributed by atoms with Crippen molar-refractivity contribution in [2.24, 2.45) is 0 Å². The number of rotatable bonds is 6. The summed E-state index contributed by atoms with van der Waals surface area (Å²) >= 11 is 1.60. The summed E-state index contributed by atoms with van der Waals surface area (Å²) in [5.74, 6) is 1.34. The van der Waals surface area contributed by atoms with Gasteiger partial charge >= 0.3 is 0 Å². The van der Waals surface area contributed by atoms with E-state index in [4.69, 9.17) is 10.3 Å². The zero-order valence-corrected chi connectivity index (χ0v) is 16.1. The maximum atomic E-state index is 12.5. The SMILES string of the molecule is Nc1nccnc1C(=O)N1CCN(CCCc2nc(-c3cccs3)no2)CC1. The number of thiophene rings is 1. The van der Waals surface area contributed by atoms with Crippen molar-refractivity contribution in [1.29, 1.82) is 0 Å². The van der Waals surface area contributed by atoms with Crippen LogP contribution in [-0.2, 0) is 6.42 Å². The van der Waals surface area contributed by atoms with E-state index in [1.807, 2.05) is 17.5 Å². The van der Waals surface area contributed by atoms with Crippen molar-refractivity contribution in [1.82, 2.24) is 29.9 Å². The van der Waals surface area contributed by atoms with Crippen LogP contribution < -0.4 is 5.73 Å². The highest BCUT2D eigenvalue weighted by molar-refractivity contribution is 7.13. The van der Waals surface area contributed by atoms with Crippen LogP contribution >= 0.6 is 11.3 Å². The first-order valence-electron chi connectivity index (χ1n) is 9.15. The van der Waals surface area contributed by atoms with Crippen molar-refractivity contribution < 1.29 is 9.32 Å². The van der Waals surface area contributed by atoms with Crippen LogP contribution in [0, 0.1) is 0 Å². The van der Waals surface area contributed by atoms with Crippen molar-refractivity contribution in [3.8, 4) is 10.7 Å². The van der Waals surface area contributed by atoms with E-state index in [9.17, 15) is 4.79 Å². The summed E-state index contributed by atoms with van der Waals surface area (Å²) in [4.78, 5) is 30.1. The van der Waals surface area contributed by atoms with Crippen LogP contribution in [-0.4, -0.2) is 68.5 Å². The lowest BCUT2D eigenvalue weighted by Crippen LogP contribution is -2.49. The molecule has 4 rings (SSSR count). The Bertz CT molecular complexity index is 920. The van der Waals surface area contributed by atoms with Gasteiger partial charge in [0.05, 0.1) is 4.88 Å². The highest BCUT2D eigenvalue weighted by atomic mass is 32.1. The van der Waals surface area contributed by atoms with Gasteiger partial charge < -0.3 is 15.2 Å². The molecule has 9 nitrogen and oxygen atoms in total. The van der Waals surface area contributed by atoms with Crippen molar-refractivity contribution in [2.45, 2.75) is 12.8 Å². The van der Waals surface area contributed by atoms with E-state index in [-0.39, 0.29) is 17.4 Å². The second-order valence-electron chi connectivity index (χ2n) is 6.52. The number of anilines is 1. The smallest absolute Gasteiger partial charge is 0.276 e. The van der Waals surface area contributed by atoms with E-state index in [1.165, 1.54) is 12.4 Å². The Balaban J connectivity index is 1.22. The summed E-state index contributed by atoms with van der Waals surface area (Å²) in [6.45, 7) is 3.86. The van der Waals surface area contributed by atoms with Gasteiger partial charge in [-0.2, -0.15) is 4.98 Å². The first kappa shape index (κ1) is 18.5. The molecule has 1 aliphatic rings. The third-order valence-corrected chi connectivity index (χ3v) is 5.53. The van der Waals surface area contributed by atoms with Crippen LogP contribution in [0.2, 0.25) is 0 Å². The number of aryl methyl sites for hydroxylation is 1. The minimum Gasteiger partial charge on any atom is -0.382 e. The molecule has 28 heavy (non-hydrogen) atoms. The maximum absolute atomic E-state index is 12.5. The normalized spacial score (nSPS) is 15.1. The molecule has 10 heteroatoms. The van der Waals surface area contributed by atoms with Crippen LogP contribution in [0.3, 0.4) is 0 Å². The Hall–Kier alpha value is -2.85. The van der Waals surface area contributed by atoms with Gasteiger partial charge in [-0.3, -0.25) is 9.69 Å². The molecule has 0 aliphatic carbocycles.